The first kappa shape index (κ1) is 14.0. The van der Waals surface area contributed by atoms with Crippen molar-refractivity contribution in [2.24, 2.45) is 0 Å². The molecular weight excluding hydrogens is 307 g/mol. The van der Waals surface area contributed by atoms with Crippen molar-refractivity contribution in [3.8, 4) is 11.3 Å². The van der Waals surface area contributed by atoms with E-state index in [1.54, 1.807) is 18.2 Å². The highest BCUT2D eigenvalue weighted by atomic mass is 35.5. The van der Waals surface area contributed by atoms with Crippen LogP contribution < -0.4 is 5.73 Å². The highest BCUT2D eigenvalue weighted by Gasteiger charge is 2.10. The number of hydrogen-bond donors (Lipinski definition) is 1. The van der Waals surface area contributed by atoms with Crippen molar-refractivity contribution in [1.29, 1.82) is 0 Å². The Bertz CT molecular complexity index is 768. The third-order valence-electron chi connectivity index (χ3n) is 3.13. The van der Waals surface area contributed by atoms with E-state index in [0.29, 0.717) is 12.0 Å². The van der Waals surface area contributed by atoms with Crippen molar-refractivity contribution in [2.45, 2.75) is 6.42 Å². The fraction of sp³-hybridized carbons (Fsp3) is 0.0625. The summed E-state index contributed by atoms with van der Waals surface area (Å²) in [5.74, 6) is -0.372. The molecular formula is C16H12ClFN2S. The molecule has 1 heterocycles. The number of anilines is 1. The van der Waals surface area contributed by atoms with E-state index in [2.05, 4.69) is 4.98 Å². The van der Waals surface area contributed by atoms with Gasteiger partial charge in [0, 0.05) is 23.1 Å². The highest BCUT2D eigenvalue weighted by Crippen LogP contribution is 2.26. The van der Waals surface area contributed by atoms with E-state index >= 15 is 0 Å². The van der Waals surface area contributed by atoms with E-state index in [-0.39, 0.29) is 10.8 Å². The van der Waals surface area contributed by atoms with Crippen molar-refractivity contribution in [2.75, 3.05) is 5.73 Å². The van der Waals surface area contributed by atoms with Crippen LogP contribution in [-0.4, -0.2) is 4.98 Å². The molecule has 21 heavy (non-hydrogen) atoms. The molecule has 0 radical (unpaired) electrons. The van der Waals surface area contributed by atoms with Gasteiger partial charge in [-0.3, -0.25) is 0 Å². The predicted molar refractivity (Wildman–Crippen MR) is 86.2 cm³/mol. The highest BCUT2D eigenvalue weighted by molar-refractivity contribution is 7.10. The lowest BCUT2D eigenvalue weighted by atomic mass is 10.1. The molecule has 3 aromatic rings. The number of halogens is 2. The normalized spacial score (nSPS) is 10.8. The lowest BCUT2D eigenvalue weighted by Crippen LogP contribution is -1.93. The fourth-order valence-corrected chi connectivity index (χ4v) is 3.05. The van der Waals surface area contributed by atoms with Gasteiger partial charge in [0.05, 0.1) is 15.7 Å². The SMILES string of the molecule is Nc1ccc(-c2csc(Cc3cccc(Cl)c3F)n2)cc1. The van der Waals surface area contributed by atoms with Gasteiger partial charge in [-0.1, -0.05) is 35.9 Å². The third kappa shape index (κ3) is 3.06. The maximum absolute atomic E-state index is 13.9. The van der Waals surface area contributed by atoms with Gasteiger partial charge >= 0.3 is 0 Å². The van der Waals surface area contributed by atoms with E-state index < -0.39 is 0 Å². The van der Waals surface area contributed by atoms with Crippen LogP contribution in [0.4, 0.5) is 10.1 Å². The van der Waals surface area contributed by atoms with Crippen molar-refractivity contribution >= 4 is 28.6 Å². The summed E-state index contributed by atoms with van der Waals surface area (Å²) in [6.07, 6.45) is 0.437. The molecule has 106 valence electrons. The fourth-order valence-electron chi connectivity index (χ4n) is 2.03. The van der Waals surface area contributed by atoms with Gasteiger partial charge in [-0.15, -0.1) is 11.3 Å². The van der Waals surface area contributed by atoms with Gasteiger partial charge in [-0.25, -0.2) is 9.37 Å². The van der Waals surface area contributed by atoms with Gasteiger partial charge < -0.3 is 5.73 Å². The third-order valence-corrected chi connectivity index (χ3v) is 4.27. The summed E-state index contributed by atoms with van der Waals surface area (Å²) >= 11 is 7.30. The van der Waals surface area contributed by atoms with E-state index in [4.69, 9.17) is 17.3 Å². The summed E-state index contributed by atoms with van der Waals surface area (Å²) in [4.78, 5) is 4.54. The largest absolute Gasteiger partial charge is 0.399 e. The molecule has 2 N–H and O–H groups in total. The molecule has 2 aromatic carbocycles. The van der Waals surface area contributed by atoms with Gasteiger partial charge in [-0.2, -0.15) is 0 Å². The zero-order chi connectivity index (χ0) is 14.8. The number of hydrogen-bond acceptors (Lipinski definition) is 3. The summed E-state index contributed by atoms with van der Waals surface area (Å²) in [5.41, 5.74) is 8.82. The second-order valence-electron chi connectivity index (χ2n) is 4.64. The van der Waals surface area contributed by atoms with Crippen LogP contribution >= 0.6 is 22.9 Å². The van der Waals surface area contributed by atoms with E-state index in [0.717, 1.165) is 22.0 Å². The first-order chi connectivity index (χ1) is 10.1. The molecule has 0 aliphatic heterocycles. The molecule has 5 heteroatoms. The molecule has 0 aliphatic rings. The average molecular weight is 319 g/mol. The zero-order valence-electron chi connectivity index (χ0n) is 11.0. The molecule has 2 nitrogen and oxygen atoms in total. The van der Waals surface area contributed by atoms with Crippen molar-refractivity contribution < 1.29 is 4.39 Å². The van der Waals surface area contributed by atoms with E-state index in [1.165, 1.54) is 11.3 Å². The smallest absolute Gasteiger partial charge is 0.145 e. The first-order valence-electron chi connectivity index (χ1n) is 6.36. The van der Waals surface area contributed by atoms with Gasteiger partial charge in [0.15, 0.2) is 0 Å². The molecule has 1 aromatic heterocycles. The van der Waals surface area contributed by atoms with Gasteiger partial charge in [0.2, 0.25) is 0 Å². The maximum atomic E-state index is 13.9. The number of nitrogens with two attached hydrogens (primary N) is 1. The zero-order valence-corrected chi connectivity index (χ0v) is 12.6. The predicted octanol–water partition coefficient (Wildman–Crippen LogP) is 4.78. The summed E-state index contributed by atoms with van der Waals surface area (Å²) in [6.45, 7) is 0. The molecule has 3 rings (SSSR count). The lowest BCUT2D eigenvalue weighted by molar-refractivity contribution is 0.614. The van der Waals surface area contributed by atoms with Crippen LogP contribution in [-0.2, 0) is 6.42 Å². The number of nitrogen functional groups attached to an aromatic ring is 1. The van der Waals surface area contributed by atoms with E-state index in [9.17, 15) is 4.39 Å². The Balaban J connectivity index is 1.85. The standard InChI is InChI=1S/C16H12ClFN2S/c17-13-3-1-2-11(16(13)18)8-15-20-14(9-21-15)10-4-6-12(19)7-5-10/h1-7,9H,8,19H2. The first-order valence-corrected chi connectivity index (χ1v) is 7.62. The molecule has 0 fully saturated rings. The second-order valence-corrected chi connectivity index (χ2v) is 5.99. The molecule has 0 saturated heterocycles. The monoisotopic (exact) mass is 318 g/mol. The number of aromatic nitrogens is 1. The Kier molecular flexibility index (Phi) is 3.90. The molecule has 0 bridgehead atoms. The lowest BCUT2D eigenvalue weighted by Gasteiger charge is -2.02. The van der Waals surface area contributed by atoms with Crippen LogP contribution in [0.2, 0.25) is 5.02 Å². The van der Waals surface area contributed by atoms with Gasteiger partial charge in [0.1, 0.15) is 5.82 Å². The molecule has 0 unspecified atom stereocenters. The van der Waals surface area contributed by atoms with Gasteiger partial charge in [-0.05, 0) is 23.8 Å². The van der Waals surface area contributed by atoms with Crippen LogP contribution in [0.3, 0.4) is 0 Å². The van der Waals surface area contributed by atoms with Crippen LogP contribution in [0.1, 0.15) is 10.6 Å². The molecule has 0 aliphatic carbocycles. The minimum atomic E-state index is -0.372. The molecule has 0 saturated carbocycles. The average Bonchev–Trinajstić information content (AvgIpc) is 2.93. The summed E-state index contributed by atoms with van der Waals surface area (Å²) < 4.78 is 13.9. The van der Waals surface area contributed by atoms with Crippen LogP contribution in [0, 0.1) is 5.82 Å². The minimum Gasteiger partial charge on any atom is -0.399 e. The molecule has 0 atom stereocenters. The minimum absolute atomic E-state index is 0.141. The number of benzene rings is 2. The Morgan fingerprint density at radius 2 is 1.90 bits per heavy atom. The van der Waals surface area contributed by atoms with Crippen LogP contribution in [0.15, 0.2) is 47.8 Å². The molecule has 0 spiro atoms. The number of thiazole rings is 1. The van der Waals surface area contributed by atoms with Crippen LogP contribution in [0.5, 0.6) is 0 Å². The Labute approximate surface area is 131 Å². The quantitative estimate of drug-likeness (QED) is 0.706. The summed E-state index contributed by atoms with van der Waals surface area (Å²) in [5, 5.41) is 2.95. The Morgan fingerprint density at radius 3 is 2.67 bits per heavy atom. The Morgan fingerprint density at radius 1 is 1.14 bits per heavy atom. The summed E-state index contributed by atoms with van der Waals surface area (Å²) in [7, 11) is 0. The topological polar surface area (TPSA) is 38.9 Å². The van der Waals surface area contributed by atoms with Gasteiger partial charge in [0.25, 0.3) is 0 Å². The Hall–Kier alpha value is -1.91. The van der Waals surface area contributed by atoms with Crippen molar-refractivity contribution in [3.05, 3.63) is 69.3 Å². The van der Waals surface area contributed by atoms with E-state index in [1.807, 2.05) is 29.6 Å². The molecule has 0 amide bonds. The van der Waals surface area contributed by atoms with Crippen molar-refractivity contribution in [3.63, 3.8) is 0 Å². The second kappa shape index (κ2) is 5.84. The van der Waals surface area contributed by atoms with Crippen LogP contribution in [0.25, 0.3) is 11.3 Å². The number of nitrogens with zero attached hydrogens (tertiary/aromatic N) is 1. The summed E-state index contributed by atoms with van der Waals surface area (Å²) in [6, 6.07) is 12.5. The maximum Gasteiger partial charge on any atom is 0.145 e. The number of rotatable bonds is 3. The van der Waals surface area contributed by atoms with Crippen molar-refractivity contribution in [1.82, 2.24) is 4.98 Å².